The summed E-state index contributed by atoms with van der Waals surface area (Å²) in [4.78, 5) is 12.9. The molecule has 0 saturated carbocycles. The predicted molar refractivity (Wildman–Crippen MR) is 96.1 cm³/mol. The van der Waals surface area contributed by atoms with Crippen molar-refractivity contribution in [3.63, 3.8) is 0 Å². The Labute approximate surface area is 142 Å². The molecule has 0 aliphatic rings. The van der Waals surface area contributed by atoms with Gasteiger partial charge in [0.1, 0.15) is 6.10 Å². The van der Waals surface area contributed by atoms with Gasteiger partial charge < -0.3 is 4.74 Å². The maximum absolute atomic E-state index is 12.9. The van der Waals surface area contributed by atoms with Crippen molar-refractivity contribution in [1.29, 1.82) is 0 Å². The molecule has 0 spiro atoms. The first-order valence-electron chi connectivity index (χ1n) is 8.14. The molecule has 3 aromatic carbocycles. The number of hydrogen-bond acceptors (Lipinski definition) is 2. The van der Waals surface area contributed by atoms with Crippen molar-refractivity contribution in [2.75, 3.05) is 6.61 Å². The van der Waals surface area contributed by atoms with Crippen molar-refractivity contribution in [3.8, 4) is 0 Å². The van der Waals surface area contributed by atoms with Crippen LogP contribution in [-0.4, -0.2) is 12.4 Å². The van der Waals surface area contributed by atoms with E-state index in [4.69, 9.17) is 4.74 Å². The van der Waals surface area contributed by atoms with Crippen LogP contribution in [0.15, 0.2) is 91.0 Å². The first kappa shape index (κ1) is 16.2. The normalized spacial score (nSPS) is 11.8. The molecule has 2 heteroatoms. The number of benzene rings is 3. The lowest BCUT2D eigenvalue weighted by Gasteiger charge is -2.17. The zero-order chi connectivity index (χ0) is 16.6. The summed E-state index contributed by atoms with van der Waals surface area (Å²) in [6, 6.07) is 29.2. The fraction of sp³-hybridized carbons (Fsp3) is 0.136. The van der Waals surface area contributed by atoms with Crippen LogP contribution in [0.1, 0.15) is 27.6 Å². The van der Waals surface area contributed by atoms with Gasteiger partial charge in [-0.25, -0.2) is 0 Å². The molecular formula is C22H20O2. The van der Waals surface area contributed by atoms with Crippen LogP contribution in [0.4, 0.5) is 0 Å². The number of carbonyl (C=O) groups is 1. The number of carbonyl (C=O) groups excluding carboxylic acids is 1. The number of ether oxygens (including phenoxy) is 1. The van der Waals surface area contributed by atoms with E-state index in [1.807, 2.05) is 78.9 Å². The van der Waals surface area contributed by atoms with Crippen LogP contribution in [0.2, 0.25) is 0 Å². The van der Waals surface area contributed by atoms with E-state index in [0.29, 0.717) is 12.2 Å². The molecule has 0 aromatic heterocycles. The topological polar surface area (TPSA) is 26.3 Å². The van der Waals surface area contributed by atoms with Gasteiger partial charge in [0.25, 0.3) is 0 Å². The Kier molecular flexibility index (Phi) is 5.54. The second kappa shape index (κ2) is 8.23. The average Bonchev–Trinajstić information content (AvgIpc) is 2.67. The van der Waals surface area contributed by atoms with Gasteiger partial charge in [-0.05, 0) is 17.5 Å². The first-order chi connectivity index (χ1) is 11.8. The summed E-state index contributed by atoms with van der Waals surface area (Å²) in [6.45, 7) is 0.502. The lowest BCUT2D eigenvalue weighted by atomic mass is 10.00. The van der Waals surface area contributed by atoms with Crippen LogP contribution in [0.3, 0.4) is 0 Å². The third kappa shape index (κ3) is 4.18. The van der Waals surface area contributed by atoms with Crippen LogP contribution < -0.4 is 0 Å². The van der Waals surface area contributed by atoms with Gasteiger partial charge >= 0.3 is 0 Å². The Morgan fingerprint density at radius 3 is 1.92 bits per heavy atom. The van der Waals surface area contributed by atoms with Crippen LogP contribution >= 0.6 is 0 Å². The van der Waals surface area contributed by atoms with Crippen molar-refractivity contribution in [1.82, 2.24) is 0 Å². The molecule has 0 radical (unpaired) electrons. The summed E-state index contributed by atoms with van der Waals surface area (Å²) in [5, 5.41) is 0. The molecular weight excluding hydrogens is 296 g/mol. The van der Waals surface area contributed by atoms with E-state index >= 15 is 0 Å². The van der Waals surface area contributed by atoms with E-state index in [1.54, 1.807) is 0 Å². The molecule has 2 nitrogen and oxygen atoms in total. The molecule has 3 aromatic rings. The molecule has 1 atom stereocenters. The predicted octanol–water partition coefficient (Wildman–Crippen LogP) is 4.87. The van der Waals surface area contributed by atoms with Gasteiger partial charge in [0.2, 0.25) is 0 Å². The minimum absolute atomic E-state index is 0.00476. The van der Waals surface area contributed by atoms with Gasteiger partial charge in [-0.1, -0.05) is 91.0 Å². The summed E-state index contributed by atoms with van der Waals surface area (Å²) in [6.07, 6.45) is 0.212. The average molecular weight is 316 g/mol. The van der Waals surface area contributed by atoms with Crippen LogP contribution in [0.25, 0.3) is 0 Å². The summed E-state index contributed by atoms with van der Waals surface area (Å²) in [5.41, 5.74) is 2.77. The molecule has 0 N–H and O–H groups in total. The van der Waals surface area contributed by atoms with E-state index in [9.17, 15) is 4.79 Å². The van der Waals surface area contributed by atoms with Crippen molar-refractivity contribution >= 4 is 5.78 Å². The van der Waals surface area contributed by atoms with Crippen LogP contribution in [-0.2, 0) is 11.2 Å². The molecule has 0 bridgehead atoms. The van der Waals surface area contributed by atoms with Gasteiger partial charge in [-0.15, -0.1) is 0 Å². The maximum Gasteiger partial charge on any atom is 0.196 e. The van der Waals surface area contributed by atoms with Gasteiger partial charge in [-0.3, -0.25) is 4.79 Å². The lowest BCUT2D eigenvalue weighted by molar-refractivity contribution is 0.0416. The van der Waals surface area contributed by atoms with E-state index < -0.39 is 6.10 Å². The fourth-order valence-corrected chi connectivity index (χ4v) is 2.64. The highest BCUT2D eigenvalue weighted by Gasteiger charge is 2.22. The molecule has 0 amide bonds. The SMILES string of the molecule is O=C(c1ccccc1)C(OCCc1ccccc1)c1ccccc1. The Bertz CT molecular complexity index is 752. The molecule has 3 rings (SSSR count). The van der Waals surface area contributed by atoms with Crippen LogP contribution in [0.5, 0.6) is 0 Å². The quantitative estimate of drug-likeness (QED) is 0.581. The molecule has 0 aliphatic carbocycles. The monoisotopic (exact) mass is 316 g/mol. The van der Waals surface area contributed by atoms with Gasteiger partial charge in [0.05, 0.1) is 6.61 Å². The summed E-state index contributed by atoms with van der Waals surface area (Å²) < 4.78 is 6.00. The minimum atomic E-state index is -0.572. The molecule has 0 aliphatic heterocycles. The van der Waals surface area contributed by atoms with Crippen molar-refractivity contribution in [2.24, 2.45) is 0 Å². The van der Waals surface area contributed by atoms with E-state index in [-0.39, 0.29) is 5.78 Å². The Morgan fingerprint density at radius 1 is 0.750 bits per heavy atom. The van der Waals surface area contributed by atoms with Crippen molar-refractivity contribution in [3.05, 3.63) is 108 Å². The molecule has 120 valence electrons. The Morgan fingerprint density at radius 2 is 1.29 bits per heavy atom. The second-order valence-corrected chi connectivity index (χ2v) is 5.63. The summed E-state index contributed by atoms with van der Waals surface area (Å²) >= 11 is 0. The summed E-state index contributed by atoms with van der Waals surface area (Å²) in [7, 11) is 0. The first-order valence-corrected chi connectivity index (χ1v) is 8.14. The third-order valence-electron chi connectivity index (χ3n) is 3.92. The minimum Gasteiger partial charge on any atom is -0.365 e. The largest absolute Gasteiger partial charge is 0.365 e. The second-order valence-electron chi connectivity index (χ2n) is 5.63. The highest BCUT2D eigenvalue weighted by atomic mass is 16.5. The number of ketones is 1. The molecule has 0 fully saturated rings. The highest BCUT2D eigenvalue weighted by molar-refractivity contribution is 6.00. The third-order valence-corrected chi connectivity index (χ3v) is 3.92. The number of Topliss-reactive ketones (excluding diaryl/α,β-unsaturated/α-hetero) is 1. The van der Waals surface area contributed by atoms with Gasteiger partial charge in [-0.2, -0.15) is 0 Å². The number of rotatable bonds is 7. The zero-order valence-electron chi connectivity index (χ0n) is 13.5. The number of hydrogen-bond donors (Lipinski definition) is 0. The maximum atomic E-state index is 12.9. The Balaban J connectivity index is 1.74. The molecule has 1 unspecified atom stereocenters. The molecule has 0 saturated heterocycles. The van der Waals surface area contributed by atoms with Crippen molar-refractivity contribution < 1.29 is 9.53 Å². The molecule has 0 heterocycles. The standard InChI is InChI=1S/C22H20O2/c23-21(19-12-6-2-7-13-19)22(20-14-8-3-9-15-20)24-17-16-18-10-4-1-5-11-18/h1-15,22H,16-17H2. The van der Waals surface area contributed by atoms with E-state index in [2.05, 4.69) is 12.1 Å². The molecule has 24 heavy (non-hydrogen) atoms. The Hall–Kier alpha value is -2.71. The van der Waals surface area contributed by atoms with Gasteiger partial charge in [0, 0.05) is 5.56 Å². The smallest absolute Gasteiger partial charge is 0.196 e. The lowest BCUT2D eigenvalue weighted by Crippen LogP contribution is -2.17. The van der Waals surface area contributed by atoms with E-state index in [0.717, 1.165) is 12.0 Å². The summed E-state index contributed by atoms with van der Waals surface area (Å²) in [5.74, 6) is -0.00476. The highest BCUT2D eigenvalue weighted by Crippen LogP contribution is 2.22. The van der Waals surface area contributed by atoms with Crippen LogP contribution in [0, 0.1) is 0 Å². The van der Waals surface area contributed by atoms with E-state index in [1.165, 1.54) is 5.56 Å². The van der Waals surface area contributed by atoms with Gasteiger partial charge in [0.15, 0.2) is 5.78 Å². The fourth-order valence-electron chi connectivity index (χ4n) is 2.64. The van der Waals surface area contributed by atoms with Crippen molar-refractivity contribution in [2.45, 2.75) is 12.5 Å². The zero-order valence-corrected chi connectivity index (χ0v) is 13.5.